The molecule has 9 heteroatoms. The van der Waals surface area contributed by atoms with Crippen molar-refractivity contribution in [3.8, 4) is 0 Å². The molecule has 0 aliphatic carbocycles. The molecule has 0 fully saturated rings. The van der Waals surface area contributed by atoms with Crippen molar-refractivity contribution in [2.45, 2.75) is 38.8 Å². The maximum atomic E-state index is 13.0. The van der Waals surface area contributed by atoms with Crippen molar-refractivity contribution in [3.63, 3.8) is 0 Å². The number of aryl methyl sites for hydroxylation is 2. The van der Waals surface area contributed by atoms with E-state index in [9.17, 15) is 19.2 Å². The lowest BCUT2D eigenvalue weighted by Gasteiger charge is -2.12. The Labute approximate surface area is 182 Å². The SMILES string of the molecule is O=Cc1cn(CCCCCl)c(=O)c2cc3c(=O)n(CCCCCl)cc(C=O)c3nc12. The molecule has 0 aliphatic rings. The van der Waals surface area contributed by atoms with Crippen LogP contribution < -0.4 is 11.1 Å². The molecule has 3 aromatic heterocycles. The molecule has 7 nitrogen and oxygen atoms in total. The lowest BCUT2D eigenvalue weighted by atomic mass is 10.1. The number of carbonyl (C=O) groups excluding carboxylic acids is 2. The highest BCUT2D eigenvalue weighted by atomic mass is 35.5. The maximum Gasteiger partial charge on any atom is 0.260 e. The predicted molar refractivity (Wildman–Crippen MR) is 118 cm³/mol. The van der Waals surface area contributed by atoms with Gasteiger partial charge >= 0.3 is 0 Å². The van der Waals surface area contributed by atoms with E-state index in [4.69, 9.17) is 23.2 Å². The molecular weight excluding hydrogens is 429 g/mol. The summed E-state index contributed by atoms with van der Waals surface area (Å²) in [7, 11) is 0. The first-order valence-electron chi connectivity index (χ1n) is 9.69. The Morgan fingerprint density at radius 3 is 1.57 bits per heavy atom. The van der Waals surface area contributed by atoms with Crippen molar-refractivity contribution >= 4 is 57.6 Å². The zero-order valence-corrected chi connectivity index (χ0v) is 17.8. The van der Waals surface area contributed by atoms with Crippen LogP contribution in [-0.2, 0) is 13.1 Å². The number of hydrogen-bond acceptors (Lipinski definition) is 5. The van der Waals surface area contributed by atoms with Crippen molar-refractivity contribution in [1.82, 2.24) is 14.1 Å². The van der Waals surface area contributed by atoms with Crippen LogP contribution in [0.4, 0.5) is 0 Å². The van der Waals surface area contributed by atoms with E-state index in [0.29, 0.717) is 50.3 Å². The van der Waals surface area contributed by atoms with Gasteiger partial charge in [0.05, 0.1) is 32.9 Å². The summed E-state index contributed by atoms with van der Waals surface area (Å²) in [5, 5.41) is 0.343. The van der Waals surface area contributed by atoms with Crippen molar-refractivity contribution in [2.75, 3.05) is 11.8 Å². The number of pyridine rings is 3. The Balaban J connectivity index is 2.27. The molecule has 0 saturated heterocycles. The van der Waals surface area contributed by atoms with Crippen molar-refractivity contribution in [1.29, 1.82) is 0 Å². The van der Waals surface area contributed by atoms with Gasteiger partial charge in [-0.15, -0.1) is 23.2 Å². The van der Waals surface area contributed by atoms with E-state index >= 15 is 0 Å². The number of nitrogens with zero attached hydrogens (tertiary/aromatic N) is 3. The van der Waals surface area contributed by atoms with Crippen molar-refractivity contribution in [3.05, 3.63) is 50.3 Å². The van der Waals surface area contributed by atoms with Gasteiger partial charge in [-0.2, -0.15) is 0 Å². The lowest BCUT2D eigenvalue weighted by Crippen LogP contribution is -2.24. The Bertz CT molecular complexity index is 1130. The standard InChI is InChI=1S/C21H21Cl2N3O4/c22-5-1-3-7-25-10-14(12-27)18-16(20(25)29)9-17-19(24-18)15(13-28)11-26(21(17)30)8-4-2-6-23/h9-13H,1-8H2. The largest absolute Gasteiger partial charge is 0.314 e. The monoisotopic (exact) mass is 449 g/mol. The summed E-state index contributed by atoms with van der Waals surface area (Å²) in [5.74, 6) is 0.958. The average molecular weight is 450 g/mol. The average Bonchev–Trinajstić information content (AvgIpc) is 2.76. The summed E-state index contributed by atoms with van der Waals surface area (Å²) >= 11 is 11.4. The van der Waals surface area contributed by atoms with Gasteiger partial charge in [-0.25, -0.2) is 4.98 Å². The summed E-state index contributed by atoms with van der Waals surface area (Å²) in [5.41, 5.74) is 0.117. The topological polar surface area (TPSA) is 91.0 Å². The zero-order chi connectivity index (χ0) is 21.7. The molecular formula is C21H21Cl2N3O4. The van der Waals surface area contributed by atoms with Crippen LogP contribution in [-0.4, -0.2) is 38.5 Å². The lowest BCUT2D eigenvalue weighted by molar-refractivity contribution is 0.111. The second kappa shape index (κ2) is 10.00. The second-order valence-corrected chi connectivity index (χ2v) is 7.73. The van der Waals surface area contributed by atoms with Gasteiger partial charge in [0.25, 0.3) is 11.1 Å². The van der Waals surface area contributed by atoms with Crippen LogP contribution >= 0.6 is 23.2 Å². The number of unbranched alkanes of at least 4 members (excludes halogenated alkanes) is 2. The minimum Gasteiger partial charge on any atom is -0.314 e. The van der Waals surface area contributed by atoms with Gasteiger partial charge in [-0.3, -0.25) is 19.2 Å². The number of rotatable bonds is 10. The number of aldehydes is 2. The molecule has 0 radical (unpaired) electrons. The summed E-state index contributed by atoms with van der Waals surface area (Å²) in [6, 6.07) is 1.44. The molecule has 0 atom stereocenters. The molecule has 0 bridgehead atoms. The smallest absolute Gasteiger partial charge is 0.260 e. The number of fused-ring (bicyclic) bond motifs is 2. The minimum atomic E-state index is -0.343. The molecule has 30 heavy (non-hydrogen) atoms. The van der Waals surface area contributed by atoms with Crippen LogP contribution in [0.5, 0.6) is 0 Å². The van der Waals surface area contributed by atoms with Crippen LogP contribution in [0.1, 0.15) is 46.4 Å². The maximum absolute atomic E-state index is 13.0. The van der Waals surface area contributed by atoms with Gasteiger partial charge in [0.15, 0.2) is 12.6 Å². The van der Waals surface area contributed by atoms with E-state index in [1.54, 1.807) is 0 Å². The number of hydrogen-bond donors (Lipinski definition) is 0. The number of aromatic nitrogens is 3. The summed E-state index contributed by atoms with van der Waals surface area (Å²) in [4.78, 5) is 53.6. The van der Waals surface area contributed by atoms with E-state index in [1.165, 1.54) is 27.6 Å². The van der Waals surface area contributed by atoms with Crippen LogP contribution in [0.3, 0.4) is 0 Å². The van der Waals surface area contributed by atoms with E-state index < -0.39 is 0 Å². The molecule has 0 amide bonds. The molecule has 0 unspecified atom stereocenters. The van der Waals surface area contributed by atoms with E-state index in [2.05, 4.69) is 4.98 Å². The fourth-order valence-electron chi connectivity index (χ4n) is 3.42. The van der Waals surface area contributed by atoms with Crippen molar-refractivity contribution < 1.29 is 9.59 Å². The first-order chi connectivity index (χ1) is 14.5. The van der Waals surface area contributed by atoms with E-state index in [-0.39, 0.29) is 44.1 Å². The summed E-state index contributed by atoms with van der Waals surface area (Å²) in [6.45, 7) is 0.800. The van der Waals surface area contributed by atoms with Crippen LogP contribution in [0, 0.1) is 0 Å². The summed E-state index contributed by atoms with van der Waals surface area (Å²) in [6.07, 6.45) is 6.96. The first kappa shape index (κ1) is 22.2. The summed E-state index contributed by atoms with van der Waals surface area (Å²) < 4.78 is 2.88. The Morgan fingerprint density at radius 2 is 1.20 bits per heavy atom. The highest BCUT2D eigenvalue weighted by molar-refractivity contribution is 6.18. The quantitative estimate of drug-likeness (QED) is 0.205. The second-order valence-electron chi connectivity index (χ2n) is 6.97. The molecule has 0 spiro atoms. The minimum absolute atomic E-state index is 0.172. The molecule has 158 valence electrons. The molecule has 3 aromatic rings. The molecule has 0 saturated carbocycles. The predicted octanol–water partition coefficient (Wildman–Crippen LogP) is 3.37. The van der Waals surface area contributed by atoms with Crippen LogP contribution in [0.2, 0.25) is 0 Å². The third-order valence-electron chi connectivity index (χ3n) is 4.96. The highest BCUT2D eigenvalue weighted by Gasteiger charge is 2.16. The fraction of sp³-hybridized carbons (Fsp3) is 0.381. The van der Waals surface area contributed by atoms with Gasteiger partial charge in [-0.05, 0) is 31.7 Å². The Kier molecular flexibility index (Phi) is 7.39. The van der Waals surface area contributed by atoms with Gasteiger partial charge in [0.1, 0.15) is 0 Å². The van der Waals surface area contributed by atoms with Crippen molar-refractivity contribution in [2.24, 2.45) is 0 Å². The number of carbonyl (C=O) groups is 2. The third-order valence-corrected chi connectivity index (χ3v) is 5.50. The Hall–Kier alpha value is -2.51. The molecule has 3 rings (SSSR count). The number of halogens is 2. The van der Waals surface area contributed by atoms with Gasteiger partial charge in [0, 0.05) is 37.2 Å². The molecule has 3 heterocycles. The molecule has 0 aliphatic heterocycles. The number of alkyl halides is 2. The van der Waals surface area contributed by atoms with Crippen LogP contribution in [0.15, 0.2) is 28.0 Å². The fourth-order valence-corrected chi connectivity index (χ4v) is 3.80. The van der Waals surface area contributed by atoms with Crippen LogP contribution in [0.25, 0.3) is 21.8 Å². The van der Waals surface area contributed by atoms with Gasteiger partial charge < -0.3 is 9.13 Å². The first-order valence-corrected chi connectivity index (χ1v) is 10.8. The molecule has 0 aromatic carbocycles. The van der Waals surface area contributed by atoms with Gasteiger partial charge in [0.2, 0.25) is 0 Å². The van der Waals surface area contributed by atoms with E-state index in [0.717, 1.165) is 12.8 Å². The zero-order valence-electron chi connectivity index (χ0n) is 16.3. The van der Waals surface area contributed by atoms with Gasteiger partial charge in [-0.1, -0.05) is 0 Å². The highest BCUT2D eigenvalue weighted by Crippen LogP contribution is 2.20. The van der Waals surface area contributed by atoms with E-state index in [1.807, 2.05) is 0 Å². The Morgan fingerprint density at radius 1 is 0.767 bits per heavy atom. The third kappa shape index (κ3) is 4.32. The normalized spacial score (nSPS) is 11.3. The molecule has 0 N–H and O–H groups in total.